The molecule has 4 atom stereocenters. The van der Waals surface area contributed by atoms with Gasteiger partial charge in [0.15, 0.2) is 0 Å². The Bertz CT molecular complexity index is 870. The zero-order chi connectivity index (χ0) is 23.7. The first-order valence-electron chi connectivity index (χ1n) is 11.8. The van der Waals surface area contributed by atoms with E-state index in [0.29, 0.717) is 31.5 Å². The number of carbonyl (C=O) groups is 2. The number of carbonyl (C=O) groups excluding carboxylic acids is 2. The van der Waals surface area contributed by atoms with Crippen LogP contribution in [0.25, 0.3) is 10.9 Å². The lowest BCUT2D eigenvalue weighted by molar-refractivity contribution is -0.125. The number of aliphatic hydroxyl groups is 1. The third kappa shape index (κ3) is 8.65. The second-order valence-electron chi connectivity index (χ2n) is 9.21. The van der Waals surface area contributed by atoms with E-state index in [2.05, 4.69) is 36.4 Å². The van der Waals surface area contributed by atoms with Gasteiger partial charge < -0.3 is 26.5 Å². The van der Waals surface area contributed by atoms with Gasteiger partial charge in [0.05, 0.1) is 11.7 Å². The Morgan fingerprint density at radius 3 is 2.48 bits per heavy atom. The number of aliphatic hydroxyl groups excluding tert-OH is 1. The van der Waals surface area contributed by atoms with E-state index < -0.39 is 12.1 Å². The maximum Gasteiger partial charge on any atom is 0.253 e. The minimum atomic E-state index is -0.771. The molecule has 0 radical (unpaired) electrons. The number of benzene rings is 1. The maximum atomic E-state index is 12.7. The number of para-hydroxylation sites is 1. The highest BCUT2D eigenvalue weighted by atomic mass is 35.5. The topological polar surface area (TPSA) is 120 Å². The Morgan fingerprint density at radius 2 is 1.82 bits per heavy atom. The first kappa shape index (κ1) is 28.9. The number of nitrogens with one attached hydrogen (secondary N) is 3. The Balaban J connectivity index is 0.00000544. The van der Waals surface area contributed by atoms with Gasteiger partial charge >= 0.3 is 0 Å². The molecular weight excluding hydrogens is 440 g/mol. The fourth-order valence-corrected chi connectivity index (χ4v) is 3.88. The van der Waals surface area contributed by atoms with E-state index in [4.69, 9.17) is 5.73 Å². The van der Waals surface area contributed by atoms with Crippen molar-refractivity contribution in [3.63, 3.8) is 0 Å². The smallest absolute Gasteiger partial charge is 0.253 e. The predicted molar refractivity (Wildman–Crippen MR) is 137 cm³/mol. The van der Waals surface area contributed by atoms with Crippen molar-refractivity contribution in [1.29, 1.82) is 0 Å². The average Bonchev–Trinajstić information content (AvgIpc) is 3.20. The maximum absolute atomic E-state index is 12.7. The molecule has 0 fully saturated rings. The number of amides is 2. The van der Waals surface area contributed by atoms with Gasteiger partial charge in [-0.2, -0.15) is 0 Å². The number of aromatic nitrogens is 1. The standard InChI is InChI=1S/C25H40N4O3.ClH/c1-5-6-11-27-24(31)17(4)12-23(30)21(26)13-18(16(2)3)14-29-25(32)20-15-28-22-10-8-7-9-19(20)22;/h7-10,15-18,21,23,28,30H,5-6,11-14,26H2,1-4H3,(H,27,31)(H,29,32);1H. The molecular formula is C25H41ClN4O3. The number of nitrogens with two attached hydrogens (primary N) is 1. The molecule has 2 rings (SSSR count). The molecule has 8 heteroatoms. The monoisotopic (exact) mass is 480 g/mol. The average molecular weight is 481 g/mol. The summed E-state index contributed by atoms with van der Waals surface area (Å²) >= 11 is 0. The van der Waals surface area contributed by atoms with Crippen molar-refractivity contribution in [2.24, 2.45) is 23.5 Å². The summed E-state index contributed by atoms with van der Waals surface area (Å²) in [4.78, 5) is 28.0. The van der Waals surface area contributed by atoms with Gasteiger partial charge in [-0.3, -0.25) is 9.59 Å². The largest absolute Gasteiger partial charge is 0.391 e. The summed E-state index contributed by atoms with van der Waals surface area (Å²) in [7, 11) is 0. The van der Waals surface area contributed by atoms with E-state index in [1.54, 1.807) is 6.20 Å². The molecule has 2 aromatic rings. The van der Waals surface area contributed by atoms with Crippen LogP contribution in [0.1, 0.15) is 63.7 Å². The molecule has 0 saturated heterocycles. The van der Waals surface area contributed by atoms with Gasteiger partial charge in [-0.15, -0.1) is 12.4 Å². The summed E-state index contributed by atoms with van der Waals surface area (Å²) in [5, 5.41) is 17.4. The highest BCUT2D eigenvalue weighted by molar-refractivity contribution is 6.06. The molecule has 186 valence electrons. The van der Waals surface area contributed by atoms with Crippen LogP contribution in [0.5, 0.6) is 0 Å². The normalized spacial score (nSPS) is 14.9. The van der Waals surface area contributed by atoms with Crippen molar-refractivity contribution < 1.29 is 14.7 Å². The van der Waals surface area contributed by atoms with Crippen LogP contribution in [0.4, 0.5) is 0 Å². The summed E-state index contributed by atoms with van der Waals surface area (Å²) in [5.41, 5.74) is 7.85. The number of fused-ring (bicyclic) bond motifs is 1. The number of rotatable bonds is 13. The quantitative estimate of drug-likeness (QED) is 0.281. The van der Waals surface area contributed by atoms with Crippen LogP contribution in [-0.2, 0) is 4.79 Å². The molecule has 1 heterocycles. The summed E-state index contributed by atoms with van der Waals surface area (Å²) in [6.07, 6.45) is 3.82. The summed E-state index contributed by atoms with van der Waals surface area (Å²) in [5.74, 6) is -0.0727. The number of hydrogen-bond acceptors (Lipinski definition) is 4. The van der Waals surface area contributed by atoms with E-state index in [1.807, 2.05) is 31.2 Å². The first-order valence-corrected chi connectivity index (χ1v) is 11.8. The van der Waals surface area contributed by atoms with Crippen molar-refractivity contribution in [3.05, 3.63) is 36.0 Å². The molecule has 0 aliphatic rings. The van der Waals surface area contributed by atoms with Gasteiger partial charge in [-0.1, -0.05) is 52.3 Å². The van der Waals surface area contributed by atoms with Crippen LogP contribution in [0.15, 0.2) is 30.5 Å². The number of halogens is 1. The molecule has 0 spiro atoms. The zero-order valence-corrected chi connectivity index (χ0v) is 21.1. The Hall–Kier alpha value is -2.09. The number of aromatic amines is 1. The number of H-pyrrole nitrogens is 1. The Kier molecular flexibility index (Phi) is 12.5. The minimum Gasteiger partial charge on any atom is -0.391 e. The Labute approximate surface area is 203 Å². The number of hydrogen-bond donors (Lipinski definition) is 5. The molecule has 1 aromatic carbocycles. The van der Waals surface area contributed by atoms with E-state index in [1.165, 1.54) is 0 Å². The Morgan fingerprint density at radius 1 is 1.12 bits per heavy atom. The molecule has 0 bridgehead atoms. The van der Waals surface area contributed by atoms with E-state index in [0.717, 1.165) is 23.7 Å². The van der Waals surface area contributed by atoms with Crippen LogP contribution in [-0.4, -0.2) is 47.1 Å². The molecule has 0 saturated carbocycles. The van der Waals surface area contributed by atoms with Crippen molar-refractivity contribution in [2.75, 3.05) is 13.1 Å². The lowest BCUT2D eigenvalue weighted by Gasteiger charge is -2.28. The van der Waals surface area contributed by atoms with Gasteiger partial charge in [-0.05, 0) is 37.2 Å². The summed E-state index contributed by atoms with van der Waals surface area (Å²) in [6.45, 7) is 9.21. The van der Waals surface area contributed by atoms with Crippen molar-refractivity contribution >= 4 is 35.1 Å². The lowest BCUT2D eigenvalue weighted by atomic mass is 9.86. The second kappa shape index (κ2) is 14.2. The van der Waals surface area contributed by atoms with Crippen LogP contribution in [0.2, 0.25) is 0 Å². The summed E-state index contributed by atoms with van der Waals surface area (Å²) in [6, 6.07) is 7.24. The van der Waals surface area contributed by atoms with Crippen molar-refractivity contribution in [2.45, 2.75) is 65.5 Å². The molecule has 2 amide bonds. The van der Waals surface area contributed by atoms with Gasteiger partial charge in [0.1, 0.15) is 0 Å². The van der Waals surface area contributed by atoms with E-state index in [-0.39, 0.29) is 42.0 Å². The van der Waals surface area contributed by atoms with Gasteiger partial charge in [-0.25, -0.2) is 0 Å². The molecule has 0 aliphatic carbocycles. The predicted octanol–water partition coefficient (Wildman–Crippen LogP) is 3.61. The van der Waals surface area contributed by atoms with Crippen LogP contribution < -0.4 is 16.4 Å². The van der Waals surface area contributed by atoms with Crippen LogP contribution >= 0.6 is 12.4 Å². The van der Waals surface area contributed by atoms with Gasteiger partial charge in [0.2, 0.25) is 5.91 Å². The zero-order valence-electron chi connectivity index (χ0n) is 20.3. The van der Waals surface area contributed by atoms with Crippen LogP contribution in [0.3, 0.4) is 0 Å². The van der Waals surface area contributed by atoms with Crippen LogP contribution in [0, 0.1) is 17.8 Å². The van der Waals surface area contributed by atoms with Crippen molar-refractivity contribution in [3.8, 4) is 0 Å². The highest BCUT2D eigenvalue weighted by Gasteiger charge is 2.26. The van der Waals surface area contributed by atoms with Crippen molar-refractivity contribution in [1.82, 2.24) is 15.6 Å². The third-order valence-corrected chi connectivity index (χ3v) is 6.24. The molecule has 1 aromatic heterocycles. The number of unbranched alkanes of at least 4 members (excludes halogenated alkanes) is 1. The molecule has 0 aliphatic heterocycles. The van der Waals surface area contributed by atoms with E-state index >= 15 is 0 Å². The second-order valence-corrected chi connectivity index (χ2v) is 9.21. The van der Waals surface area contributed by atoms with Gasteiger partial charge in [0, 0.05) is 42.1 Å². The summed E-state index contributed by atoms with van der Waals surface area (Å²) < 4.78 is 0. The SMILES string of the molecule is CCCCNC(=O)C(C)CC(O)C(N)CC(CNC(=O)c1c[nH]c2ccccc12)C(C)C.Cl. The molecule has 33 heavy (non-hydrogen) atoms. The fourth-order valence-electron chi connectivity index (χ4n) is 3.88. The molecule has 7 nitrogen and oxygen atoms in total. The third-order valence-electron chi connectivity index (χ3n) is 6.24. The fraction of sp³-hybridized carbons (Fsp3) is 0.600. The van der Waals surface area contributed by atoms with Gasteiger partial charge in [0.25, 0.3) is 5.91 Å². The van der Waals surface area contributed by atoms with E-state index in [9.17, 15) is 14.7 Å². The molecule has 6 N–H and O–H groups in total. The first-order chi connectivity index (χ1) is 15.2. The lowest BCUT2D eigenvalue weighted by Crippen LogP contribution is -2.42. The minimum absolute atomic E-state index is 0. The highest BCUT2D eigenvalue weighted by Crippen LogP contribution is 2.21. The molecule has 4 unspecified atom stereocenters.